The van der Waals surface area contributed by atoms with Crippen molar-refractivity contribution in [1.29, 1.82) is 0 Å². The lowest BCUT2D eigenvalue weighted by Gasteiger charge is -2.08. The molecular formula is C13H17N3S. The Morgan fingerprint density at radius 3 is 2.59 bits per heavy atom. The van der Waals surface area contributed by atoms with Gasteiger partial charge in [0.05, 0.1) is 11.7 Å². The molecule has 0 aliphatic rings. The van der Waals surface area contributed by atoms with Crippen LogP contribution in [0.3, 0.4) is 0 Å². The van der Waals surface area contributed by atoms with E-state index in [2.05, 4.69) is 17.3 Å². The van der Waals surface area contributed by atoms with Gasteiger partial charge >= 0.3 is 0 Å². The van der Waals surface area contributed by atoms with Gasteiger partial charge in [-0.3, -0.25) is 0 Å². The van der Waals surface area contributed by atoms with Crippen LogP contribution in [0.15, 0.2) is 29.6 Å². The highest BCUT2D eigenvalue weighted by Crippen LogP contribution is 2.20. The Labute approximate surface area is 105 Å². The number of hydrogen-bond acceptors (Lipinski definition) is 4. The van der Waals surface area contributed by atoms with Crippen LogP contribution in [0.25, 0.3) is 0 Å². The minimum atomic E-state index is -0.0241. The van der Waals surface area contributed by atoms with Gasteiger partial charge in [-0.25, -0.2) is 4.98 Å². The van der Waals surface area contributed by atoms with Gasteiger partial charge in [0, 0.05) is 11.1 Å². The Morgan fingerprint density at radius 1 is 1.29 bits per heavy atom. The summed E-state index contributed by atoms with van der Waals surface area (Å²) in [5.41, 5.74) is 14.9. The molecule has 1 aromatic carbocycles. The highest BCUT2D eigenvalue weighted by Gasteiger charge is 2.11. The van der Waals surface area contributed by atoms with Crippen molar-refractivity contribution in [3.8, 4) is 0 Å². The zero-order valence-electron chi connectivity index (χ0n) is 9.89. The molecule has 1 atom stereocenters. The standard InChI is InChI=1S/C13H17N3S/c1-2-11-8-17-13(16-11)12(15)7-9-3-5-10(14)6-4-9/h3-6,8,12H,2,7,14-15H2,1H3/t12-/m0/s1. The summed E-state index contributed by atoms with van der Waals surface area (Å²) in [6.45, 7) is 2.10. The molecule has 0 aliphatic carbocycles. The van der Waals surface area contributed by atoms with Crippen molar-refractivity contribution in [2.45, 2.75) is 25.8 Å². The lowest BCUT2D eigenvalue weighted by Crippen LogP contribution is -2.13. The van der Waals surface area contributed by atoms with Gasteiger partial charge in [-0.15, -0.1) is 11.3 Å². The van der Waals surface area contributed by atoms with Crippen molar-refractivity contribution in [1.82, 2.24) is 4.98 Å². The van der Waals surface area contributed by atoms with Crippen molar-refractivity contribution in [2.75, 3.05) is 5.73 Å². The summed E-state index contributed by atoms with van der Waals surface area (Å²) < 4.78 is 0. The first-order valence-electron chi connectivity index (χ1n) is 5.73. The van der Waals surface area contributed by atoms with Crippen LogP contribution in [0.5, 0.6) is 0 Å². The molecule has 2 aromatic rings. The summed E-state index contributed by atoms with van der Waals surface area (Å²) in [5, 5.41) is 3.09. The van der Waals surface area contributed by atoms with E-state index in [0.717, 1.165) is 29.2 Å². The Kier molecular flexibility index (Phi) is 3.76. The van der Waals surface area contributed by atoms with E-state index in [1.165, 1.54) is 5.56 Å². The average Bonchev–Trinajstić information content (AvgIpc) is 2.81. The third kappa shape index (κ3) is 3.05. The van der Waals surface area contributed by atoms with Crippen LogP contribution in [-0.2, 0) is 12.8 Å². The van der Waals surface area contributed by atoms with Crippen LogP contribution in [0.1, 0.15) is 29.2 Å². The number of aromatic nitrogens is 1. The number of aryl methyl sites for hydroxylation is 1. The fourth-order valence-electron chi connectivity index (χ4n) is 1.65. The first-order chi connectivity index (χ1) is 8.19. The summed E-state index contributed by atoms with van der Waals surface area (Å²) in [7, 11) is 0. The molecule has 17 heavy (non-hydrogen) atoms. The molecule has 1 aromatic heterocycles. The number of rotatable bonds is 4. The van der Waals surface area contributed by atoms with Crippen molar-refractivity contribution in [2.24, 2.45) is 5.73 Å². The number of nitrogens with two attached hydrogens (primary N) is 2. The lowest BCUT2D eigenvalue weighted by atomic mass is 10.1. The highest BCUT2D eigenvalue weighted by atomic mass is 32.1. The second-order valence-corrected chi connectivity index (χ2v) is 4.97. The summed E-state index contributed by atoms with van der Waals surface area (Å²) >= 11 is 1.64. The van der Waals surface area contributed by atoms with Crippen LogP contribution < -0.4 is 11.5 Å². The fraction of sp³-hybridized carbons (Fsp3) is 0.308. The molecule has 0 unspecified atom stereocenters. The minimum Gasteiger partial charge on any atom is -0.399 e. The number of benzene rings is 1. The maximum Gasteiger partial charge on any atom is 0.110 e. The normalized spacial score (nSPS) is 12.6. The summed E-state index contributed by atoms with van der Waals surface area (Å²) in [5.74, 6) is 0. The van der Waals surface area contributed by atoms with Crippen LogP contribution in [0.2, 0.25) is 0 Å². The molecule has 90 valence electrons. The van der Waals surface area contributed by atoms with Crippen molar-refractivity contribution in [3.05, 3.63) is 45.9 Å². The van der Waals surface area contributed by atoms with E-state index < -0.39 is 0 Å². The number of anilines is 1. The molecular weight excluding hydrogens is 230 g/mol. The number of nitrogen functional groups attached to an aromatic ring is 1. The van der Waals surface area contributed by atoms with Crippen molar-refractivity contribution in [3.63, 3.8) is 0 Å². The third-order valence-corrected chi connectivity index (χ3v) is 3.71. The summed E-state index contributed by atoms with van der Waals surface area (Å²) in [6, 6.07) is 7.82. The topological polar surface area (TPSA) is 64.9 Å². The third-order valence-electron chi connectivity index (χ3n) is 2.68. The van der Waals surface area contributed by atoms with Gasteiger partial charge in [-0.1, -0.05) is 19.1 Å². The SMILES string of the molecule is CCc1csc([C@@H](N)Cc2ccc(N)cc2)n1. The number of hydrogen-bond donors (Lipinski definition) is 2. The molecule has 0 bridgehead atoms. The second-order valence-electron chi connectivity index (χ2n) is 4.08. The molecule has 0 amide bonds. The van der Waals surface area contributed by atoms with E-state index in [9.17, 15) is 0 Å². The van der Waals surface area contributed by atoms with Gasteiger partial charge in [0.15, 0.2) is 0 Å². The van der Waals surface area contributed by atoms with E-state index in [-0.39, 0.29) is 6.04 Å². The fourth-order valence-corrected chi connectivity index (χ4v) is 2.55. The van der Waals surface area contributed by atoms with Crippen LogP contribution >= 0.6 is 11.3 Å². The predicted octanol–water partition coefficient (Wildman–Crippen LogP) is 2.53. The van der Waals surface area contributed by atoms with E-state index >= 15 is 0 Å². The van der Waals surface area contributed by atoms with Crippen LogP contribution in [0, 0.1) is 0 Å². The molecule has 0 fully saturated rings. The lowest BCUT2D eigenvalue weighted by molar-refractivity contribution is 0.711. The molecule has 3 nitrogen and oxygen atoms in total. The van der Waals surface area contributed by atoms with E-state index in [0.29, 0.717) is 0 Å². The smallest absolute Gasteiger partial charge is 0.110 e. The van der Waals surface area contributed by atoms with E-state index in [4.69, 9.17) is 11.5 Å². The molecule has 0 spiro atoms. The summed E-state index contributed by atoms with van der Waals surface area (Å²) in [6.07, 6.45) is 1.77. The van der Waals surface area contributed by atoms with E-state index in [1.807, 2.05) is 24.3 Å². The van der Waals surface area contributed by atoms with E-state index in [1.54, 1.807) is 11.3 Å². The Morgan fingerprint density at radius 2 is 2.00 bits per heavy atom. The van der Waals surface area contributed by atoms with Crippen molar-refractivity contribution < 1.29 is 0 Å². The molecule has 0 aliphatic heterocycles. The summed E-state index contributed by atoms with van der Waals surface area (Å²) in [4.78, 5) is 4.51. The first-order valence-corrected chi connectivity index (χ1v) is 6.61. The maximum absolute atomic E-state index is 6.15. The highest BCUT2D eigenvalue weighted by molar-refractivity contribution is 7.09. The van der Waals surface area contributed by atoms with Gasteiger partial charge in [-0.2, -0.15) is 0 Å². The van der Waals surface area contributed by atoms with Crippen LogP contribution in [0.4, 0.5) is 5.69 Å². The van der Waals surface area contributed by atoms with Gasteiger partial charge in [-0.05, 0) is 30.5 Å². The van der Waals surface area contributed by atoms with Gasteiger partial charge in [0.1, 0.15) is 5.01 Å². The minimum absolute atomic E-state index is 0.0241. The maximum atomic E-state index is 6.15. The largest absolute Gasteiger partial charge is 0.399 e. The monoisotopic (exact) mass is 247 g/mol. The van der Waals surface area contributed by atoms with Gasteiger partial charge in [0.25, 0.3) is 0 Å². The molecule has 2 rings (SSSR count). The van der Waals surface area contributed by atoms with Crippen LogP contribution in [-0.4, -0.2) is 4.98 Å². The zero-order valence-corrected chi connectivity index (χ0v) is 10.7. The average molecular weight is 247 g/mol. The molecule has 4 heteroatoms. The Bertz CT molecular complexity index is 476. The predicted molar refractivity (Wildman–Crippen MR) is 73.0 cm³/mol. The van der Waals surface area contributed by atoms with Gasteiger partial charge < -0.3 is 11.5 Å². The Hall–Kier alpha value is -1.39. The molecule has 0 saturated carbocycles. The second kappa shape index (κ2) is 5.29. The first kappa shape index (κ1) is 12.1. The molecule has 4 N–H and O–H groups in total. The quantitative estimate of drug-likeness (QED) is 0.816. The van der Waals surface area contributed by atoms with Gasteiger partial charge in [0.2, 0.25) is 0 Å². The Balaban J connectivity index is 2.05. The van der Waals surface area contributed by atoms with Crippen molar-refractivity contribution >= 4 is 17.0 Å². The number of thiazole rings is 1. The zero-order chi connectivity index (χ0) is 12.3. The number of nitrogens with zero attached hydrogens (tertiary/aromatic N) is 1. The molecule has 0 saturated heterocycles. The molecule has 1 heterocycles. The molecule has 0 radical (unpaired) electrons.